The number of carbonyl (C=O) groups is 1. The van der Waals surface area contributed by atoms with Crippen molar-refractivity contribution in [1.82, 2.24) is 10.3 Å². The molecule has 3 N–H and O–H groups in total. The molecule has 19 heavy (non-hydrogen) atoms. The predicted molar refractivity (Wildman–Crippen MR) is 72.6 cm³/mol. The van der Waals surface area contributed by atoms with Crippen molar-refractivity contribution in [2.24, 2.45) is 11.7 Å². The van der Waals surface area contributed by atoms with E-state index in [2.05, 4.69) is 10.3 Å². The molecular weight excluding hydrogens is 242 g/mol. The molecule has 0 aromatic carbocycles. The highest BCUT2D eigenvalue weighted by Gasteiger charge is 2.24. The monoisotopic (exact) mass is 263 g/mol. The second kappa shape index (κ2) is 6.52. The van der Waals surface area contributed by atoms with Crippen LogP contribution < -0.4 is 15.8 Å². The summed E-state index contributed by atoms with van der Waals surface area (Å²) < 4.78 is 4.99. The number of amides is 1. The van der Waals surface area contributed by atoms with Gasteiger partial charge in [-0.25, -0.2) is 4.98 Å². The second-order valence-electron chi connectivity index (χ2n) is 5.05. The standard InChI is InChI=1S/C14H21N3O2/c1-19-13-6-5-10(8-16-13)9-17-14(18)11-3-2-4-12(15)7-11/h5-6,8,11-12H,2-4,7,9,15H2,1H3,(H,17,18). The van der Waals surface area contributed by atoms with E-state index in [1.54, 1.807) is 19.4 Å². The Morgan fingerprint density at radius 1 is 1.53 bits per heavy atom. The average molecular weight is 263 g/mol. The number of aromatic nitrogens is 1. The van der Waals surface area contributed by atoms with Crippen LogP contribution in [0.4, 0.5) is 0 Å². The lowest BCUT2D eigenvalue weighted by Crippen LogP contribution is -2.37. The zero-order valence-corrected chi connectivity index (χ0v) is 11.3. The number of pyridine rings is 1. The van der Waals surface area contributed by atoms with Crippen molar-refractivity contribution in [3.05, 3.63) is 23.9 Å². The normalized spacial score (nSPS) is 22.8. The van der Waals surface area contributed by atoms with Gasteiger partial charge in [0, 0.05) is 30.8 Å². The minimum absolute atomic E-state index is 0.0648. The van der Waals surface area contributed by atoms with Crippen molar-refractivity contribution >= 4 is 5.91 Å². The lowest BCUT2D eigenvalue weighted by atomic mass is 9.85. The number of ether oxygens (including phenoxy) is 1. The molecule has 0 saturated heterocycles. The topological polar surface area (TPSA) is 77.2 Å². The molecular formula is C14H21N3O2. The molecule has 1 aliphatic carbocycles. The first-order valence-electron chi connectivity index (χ1n) is 6.71. The van der Waals surface area contributed by atoms with Crippen LogP contribution in [0.1, 0.15) is 31.2 Å². The molecule has 1 fully saturated rings. The Morgan fingerprint density at radius 2 is 2.37 bits per heavy atom. The second-order valence-corrected chi connectivity index (χ2v) is 5.05. The summed E-state index contributed by atoms with van der Waals surface area (Å²) in [7, 11) is 1.58. The van der Waals surface area contributed by atoms with Crippen molar-refractivity contribution in [1.29, 1.82) is 0 Å². The van der Waals surface area contributed by atoms with Gasteiger partial charge in [0.2, 0.25) is 11.8 Å². The average Bonchev–Trinajstić information content (AvgIpc) is 2.45. The Morgan fingerprint density at radius 3 is 3.00 bits per heavy atom. The van der Waals surface area contributed by atoms with Crippen LogP contribution in [0, 0.1) is 5.92 Å². The quantitative estimate of drug-likeness (QED) is 0.856. The van der Waals surface area contributed by atoms with Crippen LogP contribution in [0.5, 0.6) is 5.88 Å². The fourth-order valence-electron chi connectivity index (χ4n) is 2.44. The predicted octanol–water partition coefficient (Wildman–Crippen LogP) is 1.22. The number of carbonyl (C=O) groups excluding carboxylic acids is 1. The van der Waals surface area contributed by atoms with Gasteiger partial charge in [-0.15, -0.1) is 0 Å². The highest BCUT2D eigenvalue weighted by atomic mass is 16.5. The van der Waals surface area contributed by atoms with Gasteiger partial charge in [-0.2, -0.15) is 0 Å². The van der Waals surface area contributed by atoms with Crippen LogP contribution >= 0.6 is 0 Å². The first-order valence-corrected chi connectivity index (χ1v) is 6.71. The Labute approximate surface area is 113 Å². The molecule has 2 rings (SSSR count). The Balaban J connectivity index is 1.82. The van der Waals surface area contributed by atoms with E-state index in [9.17, 15) is 4.79 Å². The minimum Gasteiger partial charge on any atom is -0.481 e. The first-order chi connectivity index (χ1) is 9.19. The maximum atomic E-state index is 12.0. The van der Waals surface area contributed by atoms with Gasteiger partial charge in [0.05, 0.1) is 7.11 Å². The number of hydrogen-bond acceptors (Lipinski definition) is 4. The summed E-state index contributed by atoms with van der Waals surface area (Å²) in [6, 6.07) is 3.86. The molecule has 104 valence electrons. The molecule has 5 nitrogen and oxygen atoms in total. The molecule has 2 atom stereocenters. The highest BCUT2D eigenvalue weighted by Crippen LogP contribution is 2.23. The van der Waals surface area contributed by atoms with E-state index < -0.39 is 0 Å². The van der Waals surface area contributed by atoms with E-state index in [4.69, 9.17) is 10.5 Å². The summed E-state index contributed by atoms with van der Waals surface area (Å²) in [5.41, 5.74) is 6.87. The summed E-state index contributed by atoms with van der Waals surface area (Å²) >= 11 is 0. The molecule has 0 spiro atoms. The van der Waals surface area contributed by atoms with E-state index in [1.807, 2.05) is 6.07 Å². The van der Waals surface area contributed by atoms with Crippen molar-refractivity contribution in [2.75, 3.05) is 7.11 Å². The summed E-state index contributed by atoms with van der Waals surface area (Å²) in [5.74, 6) is 0.745. The van der Waals surface area contributed by atoms with E-state index in [0.29, 0.717) is 12.4 Å². The van der Waals surface area contributed by atoms with E-state index in [-0.39, 0.29) is 17.9 Å². The SMILES string of the molecule is COc1ccc(CNC(=O)C2CCCC(N)C2)cn1. The third kappa shape index (κ3) is 3.92. The van der Waals surface area contributed by atoms with Gasteiger partial charge >= 0.3 is 0 Å². The van der Waals surface area contributed by atoms with Crippen LogP contribution in [-0.4, -0.2) is 24.0 Å². The molecule has 1 aromatic heterocycles. The lowest BCUT2D eigenvalue weighted by molar-refractivity contribution is -0.126. The van der Waals surface area contributed by atoms with Crippen molar-refractivity contribution in [3.63, 3.8) is 0 Å². The Kier molecular flexibility index (Phi) is 4.74. The fourth-order valence-corrected chi connectivity index (χ4v) is 2.44. The molecule has 1 aliphatic rings. The van der Waals surface area contributed by atoms with E-state index in [1.165, 1.54) is 0 Å². The number of nitrogens with zero attached hydrogens (tertiary/aromatic N) is 1. The zero-order chi connectivity index (χ0) is 13.7. The van der Waals surface area contributed by atoms with Gasteiger partial charge in [-0.1, -0.05) is 12.5 Å². The largest absolute Gasteiger partial charge is 0.481 e. The van der Waals surface area contributed by atoms with Gasteiger partial charge in [-0.05, 0) is 24.8 Å². The fraction of sp³-hybridized carbons (Fsp3) is 0.571. The Hall–Kier alpha value is -1.62. The van der Waals surface area contributed by atoms with Crippen molar-refractivity contribution in [3.8, 4) is 5.88 Å². The minimum atomic E-state index is 0.0648. The molecule has 1 aromatic rings. The molecule has 2 unspecified atom stereocenters. The zero-order valence-electron chi connectivity index (χ0n) is 11.3. The third-order valence-electron chi connectivity index (χ3n) is 3.56. The molecule has 0 radical (unpaired) electrons. The van der Waals surface area contributed by atoms with Crippen molar-refractivity contribution in [2.45, 2.75) is 38.3 Å². The maximum Gasteiger partial charge on any atom is 0.223 e. The van der Waals surface area contributed by atoms with E-state index >= 15 is 0 Å². The number of nitrogens with two attached hydrogens (primary N) is 1. The number of rotatable bonds is 4. The number of methoxy groups -OCH3 is 1. The van der Waals surface area contributed by atoms with Crippen LogP contribution in [0.25, 0.3) is 0 Å². The molecule has 0 bridgehead atoms. The smallest absolute Gasteiger partial charge is 0.223 e. The van der Waals surface area contributed by atoms with Crippen molar-refractivity contribution < 1.29 is 9.53 Å². The van der Waals surface area contributed by atoms with Gasteiger partial charge in [0.1, 0.15) is 0 Å². The van der Waals surface area contributed by atoms with Crippen LogP contribution in [0.2, 0.25) is 0 Å². The summed E-state index contributed by atoms with van der Waals surface area (Å²) in [5, 5.41) is 2.95. The Bertz CT molecular complexity index is 419. The number of hydrogen-bond donors (Lipinski definition) is 2. The summed E-state index contributed by atoms with van der Waals surface area (Å²) in [6.45, 7) is 0.502. The molecule has 1 saturated carbocycles. The number of nitrogens with one attached hydrogen (secondary N) is 1. The molecule has 1 heterocycles. The highest BCUT2D eigenvalue weighted by molar-refractivity contribution is 5.78. The summed E-state index contributed by atoms with van der Waals surface area (Å²) in [4.78, 5) is 16.1. The maximum absolute atomic E-state index is 12.0. The molecule has 0 aliphatic heterocycles. The van der Waals surface area contributed by atoms with E-state index in [0.717, 1.165) is 31.2 Å². The third-order valence-corrected chi connectivity index (χ3v) is 3.56. The van der Waals surface area contributed by atoms with Crippen LogP contribution in [-0.2, 0) is 11.3 Å². The lowest BCUT2D eigenvalue weighted by Gasteiger charge is -2.25. The van der Waals surface area contributed by atoms with Crippen LogP contribution in [0.3, 0.4) is 0 Å². The van der Waals surface area contributed by atoms with Gasteiger partial charge in [-0.3, -0.25) is 4.79 Å². The van der Waals surface area contributed by atoms with Crippen LogP contribution in [0.15, 0.2) is 18.3 Å². The van der Waals surface area contributed by atoms with Gasteiger partial charge < -0.3 is 15.8 Å². The van der Waals surface area contributed by atoms with Gasteiger partial charge in [0.25, 0.3) is 0 Å². The molecule has 1 amide bonds. The molecule has 5 heteroatoms. The van der Waals surface area contributed by atoms with Gasteiger partial charge in [0.15, 0.2) is 0 Å². The first kappa shape index (κ1) is 13.8. The summed E-state index contributed by atoms with van der Waals surface area (Å²) in [6.07, 6.45) is 5.54.